The van der Waals surface area contributed by atoms with Gasteiger partial charge in [0, 0.05) is 11.1 Å². The van der Waals surface area contributed by atoms with Gasteiger partial charge in [0.2, 0.25) is 0 Å². The van der Waals surface area contributed by atoms with Crippen LogP contribution in [0.3, 0.4) is 0 Å². The molecule has 0 heterocycles. The topological polar surface area (TPSA) is 101 Å². The van der Waals surface area contributed by atoms with Gasteiger partial charge in [-0.1, -0.05) is 102 Å². The molecule has 0 bridgehead atoms. The molecule has 370 valence electrons. The molecule has 0 radical (unpaired) electrons. The molecule has 1 N–H and O–H groups in total. The Balaban J connectivity index is 0.000000264. The predicted molar refractivity (Wildman–Crippen MR) is 277 cm³/mol. The molecule has 0 fully saturated rings. The number of aliphatic carboxylic acids is 1. The van der Waals surface area contributed by atoms with Crippen LogP contribution in [0.2, 0.25) is 0 Å². The maximum absolute atomic E-state index is 14.9. The SMILES string of the molecule is CC#C[C@@H](CC(=O)O)c1ccc(OCc2ccc(C(C)(C)C)c(-c3cc(OC)ccc3F)c2)cc1.CC#C[C@@H](CC(=O)OC)c1ccc(OCc2ccc(C(C)(C)C)c(-c3cc(OC)ccc3F)c2)cc1. The van der Waals surface area contributed by atoms with Crippen molar-refractivity contribution >= 4 is 11.9 Å². The monoisotopic (exact) mass is 962 g/mol. The summed E-state index contributed by atoms with van der Waals surface area (Å²) in [7, 11) is 4.51. The fourth-order valence-electron chi connectivity index (χ4n) is 8.00. The summed E-state index contributed by atoms with van der Waals surface area (Å²) in [5, 5.41) is 9.13. The molecule has 0 spiro atoms. The highest BCUT2D eigenvalue weighted by Crippen LogP contribution is 2.39. The van der Waals surface area contributed by atoms with Gasteiger partial charge in [0.15, 0.2) is 0 Å². The molecule has 0 aliphatic carbocycles. The van der Waals surface area contributed by atoms with E-state index in [9.17, 15) is 18.4 Å². The van der Waals surface area contributed by atoms with Gasteiger partial charge in [-0.2, -0.15) is 0 Å². The van der Waals surface area contributed by atoms with Gasteiger partial charge in [-0.15, -0.1) is 11.8 Å². The third-order valence-corrected chi connectivity index (χ3v) is 11.7. The number of esters is 1. The van der Waals surface area contributed by atoms with Gasteiger partial charge in [0.25, 0.3) is 0 Å². The Labute approximate surface area is 418 Å². The summed E-state index contributed by atoms with van der Waals surface area (Å²) in [5.74, 6) is 11.8. The van der Waals surface area contributed by atoms with Gasteiger partial charge in [-0.05, 0) is 142 Å². The second kappa shape index (κ2) is 24.8. The lowest BCUT2D eigenvalue weighted by atomic mass is 9.81. The lowest BCUT2D eigenvalue weighted by Gasteiger charge is -2.24. The highest BCUT2D eigenvalue weighted by atomic mass is 19.1. The normalized spacial score (nSPS) is 11.8. The number of rotatable bonds is 16. The number of halogens is 2. The van der Waals surface area contributed by atoms with E-state index in [0.717, 1.165) is 44.5 Å². The average Bonchev–Trinajstić information content (AvgIpc) is 3.34. The van der Waals surface area contributed by atoms with Crippen LogP contribution in [0, 0.1) is 35.3 Å². The van der Waals surface area contributed by atoms with Crippen molar-refractivity contribution in [1.82, 2.24) is 0 Å². The first kappa shape index (κ1) is 54.4. The van der Waals surface area contributed by atoms with Gasteiger partial charge in [-0.3, -0.25) is 9.59 Å². The summed E-state index contributed by atoms with van der Waals surface area (Å²) in [6.07, 6.45) is 0.145. The predicted octanol–water partition coefficient (Wildman–Crippen LogP) is 14.0. The van der Waals surface area contributed by atoms with E-state index < -0.39 is 5.97 Å². The van der Waals surface area contributed by atoms with Crippen LogP contribution in [0.25, 0.3) is 22.3 Å². The number of hydrogen-bond acceptors (Lipinski definition) is 7. The molecule has 0 amide bonds. The Kier molecular flexibility index (Phi) is 19.0. The quantitative estimate of drug-likeness (QED) is 0.0756. The first-order chi connectivity index (χ1) is 33.8. The van der Waals surface area contributed by atoms with Crippen molar-refractivity contribution in [2.24, 2.45) is 0 Å². The lowest BCUT2D eigenvalue weighted by molar-refractivity contribution is -0.141. The highest BCUT2D eigenvalue weighted by Gasteiger charge is 2.24. The maximum Gasteiger partial charge on any atom is 0.307 e. The van der Waals surface area contributed by atoms with E-state index in [4.69, 9.17) is 28.8 Å². The van der Waals surface area contributed by atoms with Crippen LogP contribution in [-0.2, 0) is 38.4 Å². The van der Waals surface area contributed by atoms with E-state index in [0.29, 0.717) is 47.3 Å². The van der Waals surface area contributed by atoms with Gasteiger partial charge in [0.05, 0.1) is 46.0 Å². The Morgan fingerprint density at radius 3 is 1.24 bits per heavy atom. The molecule has 6 aromatic carbocycles. The smallest absolute Gasteiger partial charge is 0.307 e. The number of ether oxygens (including phenoxy) is 5. The van der Waals surface area contributed by atoms with Gasteiger partial charge in [-0.25, -0.2) is 8.78 Å². The summed E-state index contributed by atoms with van der Waals surface area (Å²) in [5.41, 5.74) is 7.89. The molecule has 0 saturated carbocycles. The molecule has 2 atom stereocenters. The standard InChI is InChI=1S/C31H33FO4.C30H31FO4/c1-7-8-23(18-30(33)35-6)22-10-12-24(13-11-22)36-20-21-9-15-28(31(2,3)4)26(17-21)27-19-25(34-5)14-16-29(27)32;1-6-7-22(17-29(32)33)21-9-11-23(12-10-21)35-19-20-8-14-27(30(2,3)4)25(16-20)26-18-24(34-5)13-15-28(26)31/h9-17,19,23H,18,20H2,1-6H3;8-16,18,22H,17,19H2,1-5H3,(H,32,33)/t23-;22-/m00/s1. The highest BCUT2D eigenvalue weighted by molar-refractivity contribution is 5.73. The van der Waals surface area contributed by atoms with Crippen LogP contribution in [0.1, 0.15) is 113 Å². The van der Waals surface area contributed by atoms with Crippen molar-refractivity contribution in [3.05, 3.63) is 166 Å². The van der Waals surface area contributed by atoms with Crippen LogP contribution in [0.5, 0.6) is 23.0 Å². The van der Waals surface area contributed by atoms with Crippen molar-refractivity contribution in [2.75, 3.05) is 21.3 Å². The summed E-state index contributed by atoms with van der Waals surface area (Å²) in [4.78, 5) is 22.9. The fraction of sp³-hybridized carbons (Fsp3) is 0.311. The first-order valence-electron chi connectivity index (χ1n) is 23.3. The average molecular weight is 963 g/mol. The molecule has 0 saturated heterocycles. The lowest BCUT2D eigenvalue weighted by Crippen LogP contribution is -2.13. The molecule has 71 heavy (non-hydrogen) atoms. The van der Waals surface area contributed by atoms with Crippen LogP contribution < -0.4 is 18.9 Å². The number of benzene rings is 6. The molecule has 10 heteroatoms. The zero-order valence-electron chi connectivity index (χ0n) is 42.6. The number of carbonyl (C=O) groups excluding carboxylic acids is 1. The van der Waals surface area contributed by atoms with Crippen molar-refractivity contribution in [3.8, 4) is 68.9 Å². The number of carboxylic acids is 1. The van der Waals surface area contributed by atoms with E-state index in [1.54, 1.807) is 52.3 Å². The minimum absolute atomic E-state index is 0.0508. The summed E-state index contributed by atoms with van der Waals surface area (Å²) in [6, 6.07) is 36.4. The van der Waals surface area contributed by atoms with Crippen molar-refractivity contribution < 1.29 is 47.2 Å². The molecular weight excluding hydrogens is 899 g/mol. The summed E-state index contributed by atoms with van der Waals surface area (Å²) >= 11 is 0. The Hall–Kier alpha value is -7.56. The van der Waals surface area contributed by atoms with Crippen LogP contribution in [0.4, 0.5) is 8.78 Å². The number of carbonyl (C=O) groups is 2. The molecule has 8 nitrogen and oxygen atoms in total. The van der Waals surface area contributed by atoms with Crippen LogP contribution in [-0.4, -0.2) is 38.4 Å². The van der Waals surface area contributed by atoms with E-state index >= 15 is 0 Å². The van der Waals surface area contributed by atoms with Crippen LogP contribution >= 0.6 is 0 Å². The van der Waals surface area contributed by atoms with Gasteiger partial charge in [0.1, 0.15) is 47.8 Å². The first-order valence-corrected chi connectivity index (χ1v) is 23.3. The third-order valence-electron chi connectivity index (χ3n) is 11.7. The molecule has 0 aliphatic rings. The van der Waals surface area contributed by atoms with E-state index in [1.165, 1.54) is 19.2 Å². The van der Waals surface area contributed by atoms with Crippen molar-refractivity contribution in [2.45, 2.75) is 104 Å². The van der Waals surface area contributed by atoms with Crippen molar-refractivity contribution in [3.63, 3.8) is 0 Å². The number of hydrogen-bond donors (Lipinski definition) is 1. The number of carboxylic acid groups (broad SMARTS) is 1. The summed E-state index contributed by atoms with van der Waals surface area (Å²) in [6.45, 7) is 16.7. The Morgan fingerprint density at radius 1 is 0.521 bits per heavy atom. The maximum atomic E-state index is 14.9. The third kappa shape index (κ3) is 15.2. The second-order valence-electron chi connectivity index (χ2n) is 18.9. The molecule has 0 unspecified atom stereocenters. The van der Waals surface area contributed by atoms with E-state index in [1.807, 2.05) is 84.9 Å². The molecular formula is C61H64F2O8. The zero-order chi connectivity index (χ0) is 51.9. The van der Waals surface area contributed by atoms with Crippen molar-refractivity contribution in [1.29, 1.82) is 0 Å². The molecule has 0 aromatic heterocycles. The zero-order valence-corrected chi connectivity index (χ0v) is 42.6. The molecule has 0 aliphatic heterocycles. The molecule has 6 rings (SSSR count). The Bertz CT molecular complexity index is 2900. The second-order valence-corrected chi connectivity index (χ2v) is 18.9. The van der Waals surface area contributed by atoms with Crippen LogP contribution in [0.15, 0.2) is 121 Å². The van der Waals surface area contributed by atoms with E-state index in [-0.39, 0.29) is 53.1 Å². The molecule has 6 aromatic rings. The minimum atomic E-state index is -0.889. The number of methoxy groups -OCH3 is 3. The van der Waals surface area contributed by atoms with Gasteiger partial charge >= 0.3 is 11.9 Å². The Morgan fingerprint density at radius 2 is 0.901 bits per heavy atom. The largest absolute Gasteiger partial charge is 0.497 e. The fourth-order valence-corrected chi connectivity index (χ4v) is 8.00. The van der Waals surface area contributed by atoms with E-state index in [2.05, 4.69) is 65.2 Å². The van der Waals surface area contributed by atoms with Gasteiger partial charge < -0.3 is 28.8 Å². The minimum Gasteiger partial charge on any atom is -0.497 e. The summed E-state index contributed by atoms with van der Waals surface area (Å²) < 4.78 is 57.2.